The van der Waals surface area contributed by atoms with Crippen molar-refractivity contribution in [3.63, 3.8) is 0 Å². The van der Waals surface area contributed by atoms with Gasteiger partial charge in [0.15, 0.2) is 0 Å². The van der Waals surface area contributed by atoms with Crippen LogP contribution in [0.3, 0.4) is 0 Å². The summed E-state index contributed by atoms with van der Waals surface area (Å²) in [6.45, 7) is 3.34. The van der Waals surface area contributed by atoms with Crippen molar-refractivity contribution < 1.29 is 9.53 Å². The number of rotatable bonds is 14. The molecule has 216 valence electrons. The van der Waals surface area contributed by atoms with Gasteiger partial charge in [0.1, 0.15) is 5.75 Å². The summed E-state index contributed by atoms with van der Waals surface area (Å²) in [6.07, 6.45) is 37.1. The van der Waals surface area contributed by atoms with E-state index in [1.165, 1.54) is 49.8 Å². The van der Waals surface area contributed by atoms with Crippen LogP contribution in [0, 0.1) is 5.92 Å². The number of carbonyl (C=O) groups excluding carboxylic acids is 1. The Labute approximate surface area is 243 Å². The van der Waals surface area contributed by atoms with Crippen LogP contribution in [-0.4, -0.2) is 30.5 Å². The van der Waals surface area contributed by atoms with Crippen LogP contribution < -0.4 is 4.74 Å². The largest absolute Gasteiger partial charge is 0.427 e. The van der Waals surface area contributed by atoms with Crippen molar-refractivity contribution in [2.45, 2.75) is 108 Å². The summed E-state index contributed by atoms with van der Waals surface area (Å²) in [5.74, 6) is 1.39. The van der Waals surface area contributed by atoms with E-state index < -0.39 is 0 Å². The number of likely N-dealkylation sites (tertiary alicyclic amines) is 1. The maximum absolute atomic E-state index is 12.6. The lowest BCUT2D eigenvalue weighted by Gasteiger charge is -2.58. The molecule has 0 spiro atoms. The second-order valence-electron chi connectivity index (χ2n) is 11.9. The summed E-state index contributed by atoms with van der Waals surface area (Å²) in [5.41, 5.74) is 3.27. The number of hydrogen-bond acceptors (Lipinski definition) is 3. The number of piperidine rings is 1. The van der Waals surface area contributed by atoms with E-state index in [0.29, 0.717) is 17.9 Å². The van der Waals surface area contributed by atoms with Gasteiger partial charge < -0.3 is 9.64 Å². The summed E-state index contributed by atoms with van der Waals surface area (Å²) in [6, 6.07) is 7.17. The van der Waals surface area contributed by atoms with E-state index in [-0.39, 0.29) is 5.97 Å². The molecular weight excluding hydrogens is 490 g/mol. The summed E-state index contributed by atoms with van der Waals surface area (Å²) in [7, 11) is 2.31. The number of likely N-dealkylation sites (N-methyl/N-ethyl adjacent to an activating group) is 1. The molecule has 3 atom stereocenters. The Hall–Kier alpha value is -2.65. The Morgan fingerprint density at radius 2 is 1.60 bits per heavy atom. The number of benzene rings is 1. The Balaban J connectivity index is 1.13. The van der Waals surface area contributed by atoms with E-state index in [2.05, 4.69) is 91.8 Å². The van der Waals surface area contributed by atoms with Gasteiger partial charge in [-0.25, -0.2) is 0 Å². The third-order valence-electron chi connectivity index (χ3n) is 9.23. The Morgan fingerprint density at radius 1 is 0.925 bits per heavy atom. The lowest BCUT2D eigenvalue weighted by atomic mass is 9.52. The van der Waals surface area contributed by atoms with Gasteiger partial charge in [-0.05, 0) is 113 Å². The molecule has 0 radical (unpaired) electrons. The van der Waals surface area contributed by atoms with Crippen molar-refractivity contribution in [3.8, 4) is 5.75 Å². The normalized spacial score (nSPS) is 24.9. The van der Waals surface area contributed by atoms with Crippen molar-refractivity contribution in [3.05, 3.63) is 90.1 Å². The summed E-state index contributed by atoms with van der Waals surface area (Å²) in [4.78, 5) is 15.2. The zero-order valence-corrected chi connectivity index (χ0v) is 25.0. The van der Waals surface area contributed by atoms with E-state index in [9.17, 15) is 4.79 Å². The third-order valence-corrected chi connectivity index (χ3v) is 9.23. The van der Waals surface area contributed by atoms with Crippen LogP contribution in [0.5, 0.6) is 5.75 Å². The maximum Gasteiger partial charge on any atom is 0.311 e. The number of nitrogens with zero attached hydrogens (tertiary/aromatic N) is 1. The number of unbranched alkanes of at least 4 members (excludes halogenated alkanes) is 1. The topological polar surface area (TPSA) is 29.5 Å². The minimum Gasteiger partial charge on any atom is -0.427 e. The highest BCUT2D eigenvalue weighted by Gasteiger charge is 2.53. The number of ether oxygens (including phenoxy) is 1. The fourth-order valence-electron chi connectivity index (χ4n) is 7.15. The maximum atomic E-state index is 12.6. The summed E-state index contributed by atoms with van der Waals surface area (Å²) < 4.78 is 5.85. The quantitative estimate of drug-likeness (QED) is 0.102. The van der Waals surface area contributed by atoms with Crippen molar-refractivity contribution in [2.24, 2.45) is 5.92 Å². The first-order chi connectivity index (χ1) is 19.6. The van der Waals surface area contributed by atoms with Crippen LogP contribution in [-0.2, 0) is 16.6 Å². The van der Waals surface area contributed by atoms with Crippen LogP contribution in [0.2, 0.25) is 0 Å². The van der Waals surface area contributed by atoms with Gasteiger partial charge in [-0.2, -0.15) is 0 Å². The molecule has 3 nitrogen and oxygen atoms in total. The minimum atomic E-state index is -0.109. The van der Waals surface area contributed by atoms with Gasteiger partial charge in [-0.3, -0.25) is 4.79 Å². The van der Waals surface area contributed by atoms with E-state index in [4.69, 9.17) is 4.74 Å². The van der Waals surface area contributed by atoms with E-state index >= 15 is 0 Å². The van der Waals surface area contributed by atoms with Crippen LogP contribution in [0.4, 0.5) is 0 Å². The van der Waals surface area contributed by atoms with Crippen molar-refractivity contribution in [1.29, 1.82) is 0 Å². The molecule has 1 aliphatic heterocycles. The molecule has 1 saturated carbocycles. The molecule has 1 aromatic carbocycles. The predicted molar refractivity (Wildman–Crippen MR) is 169 cm³/mol. The number of hydrogen-bond donors (Lipinski definition) is 0. The van der Waals surface area contributed by atoms with Crippen LogP contribution in [0.15, 0.2) is 79.0 Å². The molecule has 1 saturated heterocycles. The van der Waals surface area contributed by atoms with Crippen molar-refractivity contribution >= 4 is 5.97 Å². The second kappa shape index (κ2) is 16.0. The Kier molecular flexibility index (Phi) is 12.1. The highest BCUT2D eigenvalue weighted by molar-refractivity contribution is 5.72. The van der Waals surface area contributed by atoms with Crippen LogP contribution in [0.25, 0.3) is 0 Å². The Morgan fingerprint density at radius 3 is 2.30 bits per heavy atom. The first-order valence-electron chi connectivity index (χ1n) is 15.9. The smallest absolute Gasteiger partial charge is 0.311 e. The average Bonchev–Trinajstić information content (AvgIpc) is 2.97. The highest BCUT2D eigenvalue weighted by Crippen LogP contribution is 2.55. The Bertz CT molecular complexity index is 1090. The van der Waals surface area contributed by atoms with Gasteiger partial charge in [0, 0.05) is 17.9 Å². The van der Waals surface area contributed by atoms with E-state index in [0.717, 1.165) is 63.0 Å². The lowest BCUT2D eigenvalue weighted by molar-refractivity contribution is -0.134. The zero-order valence-electron chi connectivity index (χ0n) is 25.0. The number of carbonyl (C=O) groups is 1. The van der Waals surface area contributed by atoms with Gasteiger partial charge >= 0.3 is 5.97 Å². The SMILES string of the molecule is CCC=CCC=CCC=CCC=CCC=CCCCC(=O)Oc1ccc2c(c1)[C@]13CCCCC1[C@H](C2)N(C)CC3. The third kappa shape index (κ3) is 8.19. The molecule has 3 aliphatic rings. The molecule has 4 rings (SSSR count). The molecule has 3 heteroatoms. The van der Waals surface area contributed by atoms with Gasteiger partial charge in [0.2, 0.25) is 0 Å². The summed E-state index contributed by atoms with van der Waals surface area (Å²) in [5, 5.41) is 0. The molecule has 40 heavy (non-hydrogen) atoms. The van der Waals surface area contributed by atoms with Gasteiger partial charge in [-0.15, -0.1) is 0 Å². The molecule has 0 amide bonds. The first kappa shape index (κ1) is 30.3. The molecule has 1 aromatic rings. The van der Waals surface area contributed by atoms with Crippen molar-refractivity contribution in [1.82, 2.24) is 4.90 Å². The number of allylic oxidation sites excluding steroid dienone is 10. The number of fused-ring (bicyclic) bond motifs is 1. The standard InChI is InChI=1S/C37H51NO2/c1-3-4-5-6-7-8-9-10-11-12-13-14-15-16-17-18-19-23-36(39)40-32-25-24-31-29-35-33-22-20-21-26-37(33,34(31)30-32)27-28-38(35)2/h4-5,7-8,10-11,13-14,16-17,24-25,30,33,35H,3,6,9,12,15,18-23,26-29H2,1-2H3/t33?,35-,37-/m0/s1. The molecular formula is C37H51NO2. The zero-order chi connectivity index (χ0) is 28.0. The predicted octanol–water partition coefficient (Wildman–Crippen LogP) is 9.20. The molecule has 0 N–H and O–H groups in total. The van der Waals surface area contributed by atoms with Gasteiger partial charge in [-0.1, -0.05) is 86.6 Å². The van der Waals surface area contributed by atoms with E-state index in [1.807, 2.05) is 6.07 Å². The molecule has 2 aliphatic carbocycles. The highest BCUT2D eigenvalue weighted by atomic mass is 16.5. The van der Waals surface area contributed by atoms with Gasteiger partial charge in [0.25, 0.3) is 0 Å². The fraction of sp³-hybridized carbons (Fsp3) is 0.541. The molecule has 0 aromatic heterocycles. The second-order valence-corrected chi connectivity index (χ2v) is 11.9. The monoisotopic (exact) mass is 541 g/mol. The number of esters is 1. The van der Waals surface area contributed by atoms with Crippen LogP contribution in [0.1, 0.15) is 102 Å². The van der Waals surface area contributed by atoms with Gasteiger partial charge in [0.05, 0.1) is 0 Å². The van der Waals surface area contributed by atoms with Crippen LogP contribution >= 0.6 is 0 Å². The minimum absolute atomic E-state index is 0.109. The average molecular weight is 542 g/mol. The van der Waals surface area contributed by atoms with Crippen molar-refractivity contribution in [2.75, 3.05) is 13.6 Å². The lowest BCUT2D eigenvalue weighted by Crippen LogP contribution is -2.59. The summed E-state index contributed by atoms with van der Waals surface area (Å²) >= 11 is 0. The molecule has 1 heterocycles. The molecule has 1 unspecified atom stereocenters. The fourth-order valence-corrected chi connectivity index (χ4v) is 7.15. The first-order valence-corrected chi connectivity index (χ1v) is 15.9. The van der Waals surface area contributed by atoms with E-state index in [1.54, 1.807) is 0 Å². The molecule has 2 fully saturated rings. The molecule has 2 bridgehead atoms.